The van der Waals surface area contributed by atoms with Crippen LogP contribution in [0, 0.1) is 12.7 Å². The zero-order chi connectivity index (χ0) is 14.2. The minimum atomic E-state index is -1.29. The molecule has 1 heterocycles. The minimum absolute atomic E-state index is 0.332. The van der Waals surface area contributed by atoms with Crippen LogP contribution in [-0.4, -0.2) is 15.6 Å². The standard InChI is InChI=1S/C13H9BrFNO3/c1-7-4-12(17)9(13(18)19)6-16(7)11-3-2-8(15)5-10(11)14/h2-6H,1H3,(H,18,19). The number of benzene rings is 1. The highest BCUT2D eigenvalue weighted by Gasteiger charge is 2.13. The molecule has 4 nitrogen and oxygen atoms in total. The fourth-order valence-corrected chi connectivity index (χ4v) is 2.27. The first-order valence-corrected chi connectivity index (χ1v) is 6.11. The lowest BCUT2D eigenvalue weighted by molar-refractivity contribution is 0.0695. The minimum Gasteiger partial charge on any atom is -0.477 e. The number of hydrogen-bond donors (Lipinski definition) is 1. The van der Waals surface area contributed by atoms with Gasteiger partial charge in [0.05, 0.1) is 5.69 Å². The van der Waals surface area contributed by atoms with Gasteiger partial charge in [-0.2, -0.15) is 0 Å². The molecule has 2 aromatic rings. The summed E-state index contributed by atoms with van der Waals surface area (Å²) in [5.74, 6) is -1.70. The number of aromatic nitrogens is 1. The van der Waals surface area contributed by atoms with Gasteiger partial charge in [0, 0.05) is 22.4 Å². The highest BCUT2D eigenvalue weighted by molar-refractivity contribution is 9.10. The number of carboxylic acid groups (broad SMARTS) is 1. The molecule has 19 heavy (non-hydrogen) atoms. The molecule has 1 N–H and O–H groups in total. The number of aryl methyl sites for hydroxylation is 1. The maximum absolute atomic E-state index is 13.1. The average molecular weight is 326 g/mol. The van der Waals surface area contributed by atoms with Gasteiger partial charge in [0.2, 0.25) is 0 Å². The Morgan fingerprint density at radius 1 is 1.37 bits per heavy atom. The van der Waals surface area contributed by atoms with E-state index in [1.54, 1.807) is 6.92 Å². The Balaban J connectivity index is 2.71. The number of hydrogen-bond acceptors (Lipinski definition) is 2. The fourth-order valence-electron chi connectivity index (χ4n) is 1.73. The second kappa shape index (κ2) is 4.97. The summed E-state index contributed by atoms with van der Waals surface area (Å²) in [6.07, 6.45) is 1.23. The molecule has 98 valence electrons. The van der Waals surface area contributed by atoms with Gasteiger partial charge in [-0.25, -0.2) is 9.18 Å². The lowest BCUT2D eigenvalue weighted by Crippen LogP contribution is -2.18. The van der Waals surface area contributed by atoms with Gasteiger partial charge in [-0.15, -0.1) is 0 Å². The number of carboxylic acids is 1. The third kappa shape index (κ3) is 2.58. The molecule has 0 spiro atoms. The van der Waals surface area contributed by atoms with E-state index in [4.69, 9.17) is 5.11 Å². The van der Waals surface area contributed by atoms with Crippen LogP contribution in [-0.2, 0) is 0 Å². The maximum atomic E-state index is 13.1. The van der Waals surface area contributed by atoms with Crippen molar-refractivity contribution in [2.24, 2.45) is 0 Å². The smallest absolute Gasteiger partial charge is 0.341 e. The van der Waals surface area contributed by atoms with Gasteiger partial charge in [-0.05, 0) is 41.1 Å². The molecule has 0 unspecified atom stereocenters. The zero-order valence-electron chi connectivity index (χ0n) is 9.85. The highest BCUT2D eigenvalue weighted by Crippen LogP contribution is 2.23. The van der Waals surface area contributed by atoms with E-state index in [9.17, 15) is 14.0 Å². The molecule has 0 aliphatic carbocycles. The van der Waals surface area contributed by atoms with Crippen molar-refractivity contribution in [3.63, 3.8) is 0 Å². The second-order valence-corrected chi connectivity index (χ2v) is 4.82. The molecule has 1 aromatic heterocycles. The first-order valence-electron chi connectivity index (χ1n) is 5.32. The maximum Gasteiger partial charge on any atom is 0.341 e. The predicted molar refractivity (Wildman–Crippen MR) is 71.4 cm³/mol. The van der Waals surface area contributed by atoms with Gasteiger partial charge in [0.15, 0.2) is 5.43 Å². The first kappa shape index (κ1) is 13.5. The Kier molecular flexibility index (Phi) is 3.53. The van der Waals surface area contributed by atoms with E-state index in [1.807, 2.05) is 0 Å². The summed E-state index contributed by atoms with van der Waals surface area (Å²) in [4.78, 5) is 22.5. The number of aromatic carboxylic acids is 1. The number of rotatable bonds is 2. The Morgan fingerprint density at radius 3 is 2.63 bits per heavy atom. The quantitative estimate of drug-likeness (QED) is 0.923. The van der Waals surface area contributed by atoms with E-state index in [0.717, 1.165) is 0 Å². The van der Waals surface area contributed by atoms with Crippen LogP contribution in [0.1, 0.15) is 16.1 Å². The molecule has 0 atom stereocenters. The molecule has 0 radical (unpaired) electrons. The largest absolute Gasteiger partial charge is 0.477 e. The van der Waals surface area contributed by atoms with Crippen molar-refractivity contribution < 1.29 is 14.3 Å². The van der Waals surface area contributed by atoms with Crippen molar-refractivity contribution in [2.45, 2.75) is 6.92 Å². The van der Waals surface area contributed by atoms with Crippen molar-refractivity contribution in [3.05, 3.63) is 62.2 Å². The first-order chi connectivity index (χ1) is 8.90. The molecule has 0 aliphatic rings. The van der Waals surface area contributed by atoms with Crippen LogP contribution in [0.15, 0.2) is 39.7 Å². The van der Waals surface area contributed by atoms with E-state index in [2.05, 4.69) is 15.9 Å². The summed E-state index contributed by atoms with van der Waals surface area (Å²) >= 11 is 3.21. The number of carbonyl (C=O) groups is 1. The number of pyridine rings is 1. The van der Waals surface area contributed by atoms with Gasteiger partial charge in [0.1, 0.15) is 11.4 Å². The van der Waals surface area contributed by atoms with Crippen molar-refractivity contribution in [1.82, 2.24) is 4.57 Å². The zero-order valence-corrected chi connectivity index (χ0v) is 11.4. The number of nitrogens with zero attached hydrogens (tertiary/aromatic N) is 1. The van der Waals surface area contributed by atoms with Crippen LogP contribution in [0.2, 0.25) is 0 Å². The molecular formula is C13H9BrFNO3. The van der Waals surface area contributed by atoms with Crippen molar-refractivity contribution in [3.8, 4) is 5.69 Å². The van der Waals surface area contributed by atoms with Crippen molar-refractivity contribution in [1.29, 1.82) is 0 Å². The normalized spacial score (nSPS) is 10.5. The molecule has 2 rings (SSSR count). The Labute approximate surface area is 116 Å². The summed E-state index contributed by atoms with van der Waals surface area (Å²) in [6, 6.07) is 5.27. The highest BCUT2D eigenvalue weighted by atomic mass is 79.9. The van der Waals surface area contributed by atoms with E-state index in [1.165, 1.54) is 35.0 Å². The molecule has 0 bridgehead atoms. The second-order valence-electron chi connectivity index (χ2n) is 3.96. The van der Waals surface area contributed by atoms with Gasteiger partial charge >= 0.3 is 5.97 Å². The van der Waals surface area contributed by atoms with Crippen molar-refractivity contribution >= 4 is 21.9 Å². The molecule has 0 saturated carbocycles. The molecule has 0 aliphatic heterocycles. The molecular weight excluding hydrogens is 317 g/mol. The monoisotopic (exact) mass is 325 g/mol. The Hall–Kier alpha value is -1.95. The fraction of sp³-hybridized carbons (Fsp3) is 0.0769. The molecule has 0 fully saturated rings. The molecule has 0 saturated heterocycles. The summed E-state index contributed by atoms with van der Waals surface area (Å²) in [6.45, 7) is 1.67. The van der Waals surface area contributed by atoms with Gasteiger partial charge in [0.25, 0.3) is 0 Å². The predicted octanol–water partition coefficient (Wildman–Crippen LogP) is 2.75. The van der Waals surface area contributed by atoms with Crippen LogP contribution in [0.4, 0.5) is 4.39 Å². The number of halogens is 2. The summed E-state index contributed by atoms with van der Waals surface area (Å²) in [5.41, 5.74) is 0.227. The molecule has 6 heteroatoms. The Morgan fingerprint density at radius 2 is 2.05 bits per heavy atom. The average Bonchev–Trinajstić information content (AvgIpc) is 2.30. The lowest BCUT2D eigenvalue weighted by Gasteiger charge is -2.13. The summed E-state index contributed by atoms with van der Waals surface area (Å²) in [7, 11) is 0. The third-order valence-electron chi connectivity index (χ3n) is 2.64. The third-order valence-corrected chi connectivity index (χ3v) is 3.28. The van der Waals surface area contributed by atoms with E-state index in [0.29, 0.717) is 15.9 Å². The topological polar surface area (TPSA) is 59.3 Å². The van der Waals surface area contributed by atoms with E-state index >= 15 is 0 Å². The van der Waals surface area contributed by atoms with Gasteiger partial charge in [-0.3, -0.25) is 4.79 Å². The molecule has 0 amide bonds. The Bertz CT molecular complexity index is 724. The van der Waals surface area contributed by atoms with E-state index in [-0.39, 0.29) is 5.56 Å². The SMILES string of the molecule is Cc1cc(=O)c(C(=O)O)cn1-c1ccc(F)cc1Br. The molecule has 1 aromatic carbocycles. The van der Waals surface area contributed by atoms with Gasteiger partial charge in [-0.1, -0.05) is 0 Å². The van der Waals surface area contributed by atoms with Gasteiger partial charge < -0.3 is 9.67 Å². The van der Waals surface area contributed by atoms with Crippen LogP contribution in [0.5, 0.6) is 0 Å². The van der Waals surface area contributed by atoms with Crippen LogP contribution in [0.3, 0.4) is 0 Å². The van der Waals surface area contributed by atoms with Crippen LogP contribution < -0.4 is 5.43 Å². The van der Waals surface area contributed by atoms with Crippen LogP contribution in [0.25, 0.3) is 5.69 Å². The van der Waals surface area contributed by atoms with Crippen LogP contribution >= 0.6 is 15.9 Å². The summed E-state index contributed by atoms with van der Waals surface area (Å²) < 4.78 is 15.0. The van der Waals surface area contributed by atoms with E-state index < -0.39 is 17.2 Å². The lowest BCUT2D eigenvalue weighted by atomic mass is 10.2. The summed E-state index contributed by atoms with van der Waals surface area (Å²) in [5, 5.41) is 8.96. The van der Waals surface area contributed by atoms with Crippen molar-refractivity contribution in [2.75, 3.05) is 0 Å².